The Morgan fingerprint density at radius 1 is 1.00 bits per heavy atom. The predicted molar refractivity (Wildman–Crippen MR) is 122 cm³/mol. The van der Waals surface area contributed by atoms with Crippen LogP contribution in [0.3, 0.4) is 0 Å². The number of fused-ring (bicyclic) bond motifs is 3. The van der Waals surface area contributed by atoms with Crippen LogP contribution in [0, 0.1) is 5.82 Å². The van der Waals surface area contributed by atoms with Crippen LogP contribution in [0.4, 0.5) is 4.39 Å². The van der Waals surface area contributed by atoms with Crippen molar-refractivity contribution in [2.45, 2.75) is 13.0 Å². The highest BCUT2D eigenvalue weighted by Crippen LogP contribution is 2.17. The van der Waals surface area contributed by atoms with Gasteiger partial charge >= 0.3 is 0 Å². The van der Waals surface area contributed by atoms with E-state index in [0.29, 0.717) is 18.6 Å². The first-order chi connectivity index (χ1) is 15.1. The van der Waals surface area contributed by atoms with Crippen molar-refractivity contribution in [2.24, 2.45) is 4.99 Å². The maximum absolute atomic E-state index is 13.9. The Balaban J connectivity index is 1.25. The summed E-state index contributed by atoms with van der Waals surface area (Å²) in [6.45, 7) is 10.0. The molecule has 160 valence electrons. The third-order valence-corrected chi connectivity index (χ3v) is 6.17. The van der Waals surface area contributed by atoms with E-state index in [-0.39, 0.29) is 11.4 Å². The van der Waals surface area contributed by atoms with Crippen LogP contribution in [0.1, 0.15) is 6.42 Å². The summed E-state index contributed by atoms with van der Waals surface area (Å²) in [5.74, 6) is 0.755. The summed E-state index contributed by atoms with van der Waals surface area (Å²) in [4.78, 5) is 22.4. The van der Waals surface area contributed by atoms with E-state index in [4.69, 9.17) is 0 Å². The molecule has 7 heteroatoms. The van der Waals surface area contributed by atoms with Crippen LogP contribution in [0.25, 0.3) is 16.6 Å². The van der Waals surface area contributed by atoms with Gasteiger partial charge in [0.05, 0.1) is 17.6 Å². The number of amidine groups is 1. The first-order valence-corrected chi connectivity index (χ1v) is 10.8. The van der Waals surface area contributed by atoms with Crippen molar-refractivity contribution < 1.29 is 4.39 Å². The third kappa shape index (κ3) is 3.81. The lowest BCUT2D eigenvalue weighted by molar-refractivity contribution is 0.179. The lowest BCUT2D eigenvalue weighted by Crippen LogP contribution is -2.48. The molecule has 1 fully saturated rings. The summed E-state index contributed by atoms with van der Waals surface area (Å²) in [6.07, 6.45) is 6.78. The van der Waals surface area contributed by atoms with Crippen molar-refractivity contribution in [2.75, 3.05) is 39.3 Å². The summed E-state index contributed by atoms with van der Waals surface area (Å²) in [5.41, 5.74) is 3.08. The normalized spacial score (nSPS) is 17.6. The number of halogens is 1. The van der Waals surface area contributed by atoms with E-state index in [1.165, 1.54) is 12.1 Å². The molecule has 2 aliphatic heterocycles. The minimum atomic E-state index is -0.299. The number of hydrogen-bond acceptors (Lipinski definition) is 4. The fourth-order valence-corrected chi connectivity index (χ4v) is 4.49. The molecule has 0 amide bonds. The van der Waals surface area contributed by atoms with Gasteiger partial charge < -0.3 is 13.9 Å². The quantitative estimate of drug-likeness (QED) is 0.653. The highest BCUT2D eigenvalue weighted by molar-refractivity contribution is 5.94. The largest absolute Gasteiger partial charge is 0.354 e. The zero-order valence-corrected chi connectivity index (χ0v) is 17.5. The van der Waals surface area contributed by atoms with Crippen molar-refractivity contribution in [1.29, 1.82) is 0 Å². The van der Waals surface area contributed by atoms with Gasteiger partial charge in [0.1, 0.15) is 17.2 Å². The van der Waals surface area contributed by atoms with Crippen molar-refractivity contribution >= 4 is 22.4 Å². The van der Waals surface area contributed by atoms with Crippen molar-refractivity contribution in [1.82, 2.24) is 18.8 Å². The first-order valence-electron chi connectivity index (χ1n) is 10.8. The van der Waals surface area contributed by atoms with E-state index < -0.39 is 0 Å². The average Bonchev–Trinajstić information content (AvgIpc) is 3.28. The smallest absolute Gasteiger partial charge is 0.275 e. The Labute approximate surface area is 180 Å². The number of dihydropyridines is 1. The second-order valence-corrected chi connectivity index (χ2v) is 8.20. The Morgan fingerprint density at radius 3 is 2.61 bits per heavy atom. The van der Waals surface area contributed by atoms with Gasteiger partial charge in [-0.25, -0.2) is 4.39 Å². The molecule has 31 heavy (non-hydrogen) atoms. The highest BCUT2D eigenvalue weighted by Gasteiger charge is 2.19. The molecule has 0 atom stereocenters. The number of aliphatic imine (C=N–C) groups is 1. The van der Waals surface area contributed by atoms with Crippen LogP contribution in [0.2, 0.25) is 0 Å². The van der Waals surface area contributed by atoms with Gasteiger partial charge in [-0.2, -0.15) is 0 Å². The average molecular weight is 420 g/mol. The zero-order chi connectivity index (χ0) is 21.4. The third-order valence-electron chi connectivity index (χ3n) is 6.17. The lowest BCUT2D eigenvalue weighted by Gasteiger charge is -2.36. The summed E-state index contributed by atoms with van der Waals surface area (Å²) >= 11 is 0. The molecule has 1 aromatic carbocycles. The molecule has 0 saturated carbocycles. The molecule has 4 heterocycles. The monoisotopic (exact) mass is 419 g/mol. The Bertz CT molecular complexity index is 1260. The molecule has 0 aliphatic carbocycles. The molecule has 6 nitrogen and oxygen atoms in total. The predicted octanol–water partition coefficient (Wildman–Crippen LogP) is 2.93. The zero-order valence-electron chi connectivity index (χ0n) is 17.5. The van der Waals surface area contributed by atoms with Crippen LogP contribution < -0.4 is 5.56 Å². The van der Waals surface area contributed by atoms with Crippen LogP contribution in [-0.4, -0.2) is 63.9 Å². The summed E-state index contributed by atoms with van der Waals surface area (Å²) in [6, 6.07) is 8.24. The SMILES string of the molecule is C=C1C=CC(N2CCN(CCCn3c(=O)c4cccn4c4cc(F)ccc43)CC2)=NC1. The molecule has 0 spiro atoms. The van der Waals surface area contributed by atoms with Gasteiger partial charge in [-0.15, -0.1) is 0 Å². The van der Waals surface area contributed by atoms with Crippen molar-refractivity contribution in [3.05, 3.63) is 77.0 Å². The standard InChI is InChI=1S/C24H26FN5O/c1-18-5-8-23(26-17-18)28-14-12-27(13-15-28)9-3-11-30-20-7-6-19(25)16-22(20)29-10-2-4-21(29)24(30)31/h2,4-8,10,16H,1,3,9,11-15,17H2. The lowest BCUT2D eigenvalue weighted by atomic mass is 10.2. The van der Waals surface area contributed by atoms with Crippen molar-refractivity contribution in [3.63, 3.8) is 0 Å². The van der Waals surface area contributed by atoms with Gasteiger partial charge in [0.15, 0.2) is 0 Å². The van der Waals surface area contributed by atoms with Gasteiger partial charge in [-0.05, 0) is 54.9 Å². The molecule has 2 aliphatic rings. The topological polar surface area (TPSA) is 45.2 Å². The summed E-state index contributed by atoms with van der Waals surface area (Å²) in [5, 5.41) is 0. The van der Waals surface area contributed by atoms with Gasteiger partial charge in [0.25, 0.3) is 5.56 Å². The van der Waals surface area contributed by atoms with Gasteiger partial charge in [-0.1, -0.05) is 12.7 Å². The molecule has 0 bridgehead atoms. The van der Waals surface area contributed by atoms with Crippen LogP contribution in [0.5, 0.6) is 0 Å². The molecule has 2 aromatic heterocycles. The summed E-state index contributed by atoms with van der Waals surface area (Å²) in [7, 11) is 0. The van der Waals surface area contributed by atoms with Gasteiger partial charge in [0.2, 0.25) is 0 Å². The van der Waals surface area contributed by atoms with Crippen LogP contribution in [-0.2, 0) is 6.54 Å². The molecule has 0 radical (unpaired) electrons. The fraction of sp³-hybridized carbons (Fsp3) is 0.333. The van der Waals surface area contributed by atoms with Crippen LogP contribution >= 0.6 is 0 Å². The molecule has 5 rings (SSSR count). The second-order valence-electron chi connectivity index (χ2n) is 8.20. The number of nitrogens with zero attached hydrogens (tertiary/aromatic N) is 5. The maximum atomic E-state index is 13.9. The van der Waals surface area contributed by atoms with E-state index in [2.05, 4.69) is 27.4 Å². The molecule has 1 saturated heterocycles. The summed E-state index contributed by atoms with van der Waals surface area (Å²) < 4.78 is 17.4. The number of benzene rings is 1. The van der Waals surface area contributed by atoms with Gasteiger partial charge in [-0.3, -0.25) is 14.7 Å². The minimum absolute atomic E-state index is 0.0300. The van der Waals surface area contributed by atoms with E-state index in [1.54, 1.807) is 21.1 Å². The minimum Gasteiger partial charge on any atom is -0.354 e. The highest BCUT2D eigenvalue weighted by atomic mass is 19.1. The molecule has 0 N–H and O–H groups in total. The van der Waals surface area contributed by atoms with Gasteiger partial charge in [0, 0.05) is 38.9 Å². The van der Waals surface area contributed by atoms with Crippen LogP contribution in [0.15, 0.2) is 70.6 Å². The molecular formula is C24H26FN5O. The number of rotatable bonds is 4. The van der Waals surface area contributed by atoms with E-state index in [9.17, 15) is 9.18 Å². The number of aryl methyl sites for hydroxylation is 1. The molecule has 3 aromatic rings. The number of aromatic nitrogens is 2. The van der Waals surface area contributed by atoms with E-state index in [0.717, 1.165) is 61.6 Å². The first kappa shape index (κ1) is 19.8. The maximum Gasteiger partial charge on any atom is 0.275 e. The van der Waals surface area contributed by atoms with Crippen molar-refractivity contribution in [3.8, 4) is 0 Å². The fourth-order valence-electron chi connectivity index (χ4n) is 4.49. The number of piperazine rings is 1. The molecule has 0 unspecified atom stereocenters. The van der Waals surface area contributed by atoms with E-state index in [1.807, 2.05) is 18.3 Å². The van der Waals surface area contributed by atoms with E-state index >= 15 is 0 Å². The molecular weight excluding hydrogens is 393 g/mol. The Hall–Kier alpha value is -3.19. The Kier molecular flexibility index (Phi) is 5.19. The second kappa shape index (κ2) is 8.15. The Morgan fingerprint density at radius 2 is 1.84 bits per heavy atom. The number of hydrogen-bond donors (Lipinski definition) is 0.